The van der Waals surface area contributed by atoms with Gasteiger partial charge in [-0.05, 0) is 38.5 Å². The molecule has 0 fully saturated rings. The third-order valence-corrected chi connectivity index (χ3v) is 7.98. The van der Waals surface area contributed by atoms with Gasteiger partial charge in [0.15, 0.2) is 0 Å². The molecule has 0 heterocycles. The van der Waals surface area contributed by atoms with Gasteiger partial charge in [-0.25, -0.2) is 0 Å². The number of rotatable bonds is 21. The van der Waals surface area contributed by atoms with Crippen LogP contribution in [0.3, 0.4) is 0 Å². The smallest absolute Gasteiger partial charge is 0.105 e. The molecule has 0 N–H and O–H groups in total. The van der Waals surface area contributed by atoms with E-state index in [0.717, 1.165) is 24.1 Å². The van der Waals surface area contributed by atoms with Crippen molar-refractivity contribution in [1.29, 1.82) is 0 Å². The molecule has 0 amide bonds. The Morgan fingerprint density at radius 1 is 0.436 bits per heavy atom. The van der Waals surface area contributed by atoms with E-state index < -0.39 is 0 Å². The van der Waals surface area contributed by atoms with Gasteiger partial charge in [-0.1, -0.05) is 155 Å². The first-order valence-electron chi connectivity index (χ1n) is 15.9. The molecular weight excluding hydrogens is 470 g/mol. The fourth-order valence-corrected chi connectivity index (χ4v) is 5.83. The van der Waals surface area contributed by atoms with Crippen molar-refractivity contribution >= 4 is 0 Å². The molecular formula is C38H54N+. The van der Waals surface area contributed by atoms with Crippen LogP contribution < -0.4 is 0 Å². The van der Waals surface area contributed by atoms with E-state index in [4.69, 9.17) is 0 Å². The van der Waals surface area contributed by atoms with E-state index in [1.54, 1.807) is 0 Å². The quantitative estimate of drug-likeness (QED) is 0.0738. The summed E-state index contributed by atoms with van der Waals surface area (Å²) in [6.45, 7) is 6.74. The summed E-state index contributed by atoms with van der Waals surface area (Å²) in [5, 5.41) is 0. The third kappa shape index (κ3) is 13.3. The number of allylic oxidation sites excluding steroid dienone is 2. The molecule has 0 aliphatic heterocycles. The van der Waals surface area contributed by atoms with Gasteiger partial charge in [-0.2, -0.15) is 0 Å². The molecule has 0 saturated heterocycles. The average molecular weight is 525 g/mol. The summed E-state index contributed by atoms with van der Waals surface area (Å²) in [4.78, 5) is 0. The van der Waals surface area contributed by atoms with Crippen molar-refractivity contribution in [2.45, 2.75) is 110 Å². The summed E-state index contributed by atoms with van der Waals surface area (Å²) in [6.07, 6.45) is 22.4. The van der Waals surface area contributed by atoms with E-state index >= 15 is 0 Å². The Bertz CT molecular complexity index is 891. The minimum absolute atomic E-state index is 1.08. The van der Waals surface area contributed by atoms with Gasteiger partial charge in [0.1, 0.15) is 19.6 Å². The summed E-state index contributed by atoms with van der Waals surface area (Å²) in [7, 11) is 0. The lowest BCUT2D eigenvalue weighted by Crippen LogP contribution is -2.46. The molecule has 3 aromatic carbocycles. The highest BCUT2D eigenvalue weighted by atomic mass is 15.3. The Labute approximate surface area is 240 Å². The van der Waals surface area contributed by atoms with E-state index in [0.29, 0.717) is 0 Å². The normalized spacial score (nSPS) is 11.8. The summed E-state index contributed by atoms with van der Waals surface area (Å²) in [5.74, 6) is 0. The van der Waals surface area contributed by atoms with Crippen molar-refractivity contribution in [1.82, 2.24) is 0 Å². The SMILES string of the molecule is CCCCCCCC/C=C/CCCCCCC[N+](Cc1ccccc1)(Cc1ccccc1)Cc1ccccc1. The highest BCUT2D eigenvalue weighted by molar-refractivity contribution is 5.17. The molecule has 1 nitrogen and oxygen atoms in total. The number of hydrogen-bond acceptors (Lipinski definition) is 0. The number of unbranched alkanes of at least 4 members (excludes halogenated alkanes) is 11. The van der Waals surface area contributed by atoms with Crippen molar-refractivity contribution in [2.24, 2.45) is 0 Å². The maximum absolute atomic E-state index is 2.44. The zero-order chi connectivity index (χ0) is 27.3. The highest BCUT2D eigenvalue weighted by Gasteiger charge is 2.28. The van der Waals surface area contributed by atoms with Crippen LogP contribution in [-0.2, 0) is 19.6 Å². The minimum Gasteiger partial charge on any atom is -0.312 e. The molecule has 0 aliphatic rings. The van der Waals surface area contributed by atoms with E-state index in [-0.39, 0.29) is 0 Å². The summed E-state index contributed by atoms with van der Waals surface area (Å²) < 4.78 is 1.08. The highest BCUT2D eigenvalue weighted by Crippen LogP contribution is 2.26. The first-order valence-corrected chi connectivity index (χ1v) is 15.9. The van der Waals surface area contributed by atoms with Crippen LogP contribution in [0.5, 0.6) is 0 Å². The minimum atomic E-state index is 1.08. The first kappa shape index (κ1) is 30.9. The molecule has 0 aliphatic carbocycles. The van der Waals surface area contributed by atoms with Crippen LogP contribution >= 0.6 is 0 Å². The van der Waals surface area contributed by atoms with Crippen molar-refractivity contribution in [3.8, 4) is 0 Å². The average Bonchev–Trinajstić information content (AvgIpc) is 2.97. The van der Waals surface area contributed by atoms with Crippen molar-refractivity contribution in [3.63, 3.8) is 0 Å². The number of quaternary nitrogens is 1. The van der Waals surface area contributed by atoms with Gasteiger partial charge in [0, 0.05) is 16.7 Å². The molecule has 3 aromatic rings. The van der Waals surface area contributed by atoms with Gasteiger partial charge >= 0.3 is 0 Å². The van der Waals surface area contributed by atoms with Crippen LogP contribution in [0.25, 0.3) is 0 Å². The van der Waals surface area contributed by atoms with E-state index in [2.05, 4.69) is 110 Å². The van der Waals surface area contributed by atoms with Crippen molar-refractivity contribution < 1.29 is 4.48 Å². The fourth-order valence-electron chi connectivity index (χ4n) is 5.83. The van der Waals surface area contributed by atoms with Crippen LogP contribution in [0.2, 0.25) is 0 Å². The first-order chi connectivity index (χ1) is 19.3. The lowest BCUT2D eigenvalue weighted by molar-refractivity contribution is -0.966. The van der Waals surface area contributed by atoms with Gasteiger partial charge < -0.3 is 4.48 Å². The summed E-state index contributed by atoms with van der Waals surface area (Å²) in [6, 6.07) is 33.4. The molecule has 0 radical (unpaired) electrons. The Hall–Kier alpha value is -2.64. The van der Waals surface area contributed by atoms with Crippen LogP contribution in [0.15, 0.2) is 103 Å². The van der Waals surface area contributed by atoms with Crippen LogP contribution in [0.1, 0.15) is 107 Å². The fraction of sp³-hybridized carbons (Fsp3) is 0.474. The Morgan fingerprint density at radius 2 is 0.795 bits per heavy atom. The second-order valence-electron chi connectivity index (χ2n) is 11.6. The van der Waals surface area contributed by atoms with Crippen LogP contribution in [0.4, 0.5) is 0 Å². The maximum atomic E-state index is 2.44. The molecule has 0 aromatic heterocycles. The lowest BCUT2D eigenvalue weighted by Gasteiger charge is -2.39. The number of nitrogens with zero attached hydrogens (tertiary/aromatic N) is 1. The van der Waals surface area contributed by atoms with E-state index in [1.807, 2.05) is 0 Å². The maximum Gasteiger partial charge on any atom is 0.105 e. The molecule has 0 unspecified atom stereocenters. The topological polar surface area (TPSA) is 0 Å². The number of hydrogen-bond donors (Lipinski definition) is 0. The predicted octanol–water partition coefficient (Wildman–Crippen LogP) is 11.1. The third-order valence-electron chi connectivity index (χ3n) is 7.98. The van der Waals surface area contributed by atoms with Gasteiger partial charge in [-0.15, -0.1) is 0 Å². The molecule has 0 saturated carbocycles. The summed E-state index contributed by atoms with van der Waals surface area (Å²) in [5.41, 5.74) is 4.33. The Kier molecular flexibility index (Phi) is 15.4. The predicted molar refractivity (Wildman–Crippen MR) is 170 cm³/mol. The van der Waals surface area contributed by atoms with Gasteiger partial charge in [0.05, 0.1) is 6.54 Å². The Balaban J connectivity index is 1.48. The Morgan fingerprint density at radius 3 is 1.21 bits per heavy atom. The number of benzene rings is 3. The molecule has 0 spiro atoms. The lowest BCUT2D eigenvalue weighted by atomic mass is 10.0. The van der Waals surface area contributed by atoms with Gasteiger partial charge in [0.25, 0.3) is 0 Å². The summed E-state index contributed by atoms with van der Waals surface area (Å²) >= 11 is 0. The molecule has 0 atom stereocenters. The second kappa shape index (κ2) is 19.4. The molecule has 3 rings (SSSR count). The molecule has 0 bridgehead atoms. The van der Waals surface area contributed by atoms with Crippen molar-refractivity contribution in [2.75, 3.05) is 6.54 Å². The molecule has 210 valence electrons. The molecule has 1 heteroatoms. The van der Waals surface area contributed by atoms with E-state index in [1.165, 1.54) is 107 Å². The molecule has 39 heavy (non-hydrogen) atoms. The van der Waals surface area contributed by atoms with Crippen LogP contribution in [-0.4, -0.2) is 11.0 Å². The zero-order valence-electron chi connectivity index (χ0n) is 24.8. The monoisotopic (exact) mass is 524 g/mol. The second-order valence-corrected chi connectivity index (χ2v) is 11.6. The van der Waals surface area contributed by atoms with E-state index in [9.17, 15) is 0 Å². The van der Waals surface area contributed by atoms with Gasteiger partial charge in [0.2, 0.25) is 0 Å². The zero-order valence-corrected chi connectivity index (χ0v) is 24.8. The standard InChI is InChI=1S/C38H54N/c1-2-3-4-5-6-7-8-9-10-11-12-13-14-15-25-32-39(33-36-26-19-16-20-27-36,34-37-28-21-17-22-29-37)35-38-30-23-18-24-31-38/h9-10,16-24,26-31H,2-8,11-15,25,32-35H2,1H3/q+1/b10-9+. The van der Waals surface area contributed by atoms with Gasteiger partial charge in [-0.3, -0.25) is 0 Å². The van der Waals surface area contributed by atoms with Crippen LogP contribution in [0, 0.1) is 0 Å². The largest absolute Gasteiger partial charge is 0.312 e. The van der Waals surface area contributed by atoms with Crippen molar-refractivity contribution in [3.05, 3.63) is 120 Å².